The number of methoxy groups -OCH3 is 2. The van der Waals surface area contributed by atoms with Gasteiger partial charge in [0.25, 0.3) is 0 Å². The van der Waals surface area contributed by atoms with Gasteiger partial charge in [0, 0.05) is 32.6 Å². The summed E-state index contributed by atoms with van der Waals surface area (Å²) >= 11 is 0. The summed E-state index contributed by atoms with van der Waals surface area (Å²) in [7, 11) is 3.35. The molecule has 2 unspecified atom stereocenters. The van der Waals surface area contributed by atoms with E-state index < -0.39 is 5.79 Å². The first-order valence-electron chi connectivity index (χ1n) is 7.19. The Morgan fingerprint density at radius 2 is 1.76 bits per heavy atom. The lowest BCUT2D eigenvalue weighted by atomic mass is 9.97. The molecule has 1 fully saturated rings. The van der Waals surface area contributed by atoms with Gasteiger partial charge < -0.3 is 14.2 Å². The molecule has 0 aromatic heterocycles. The molecule has 0 bridgehead atoms. The highest BCUT2D eigenvalue weighted by Crippen LogP contribution is 2.41. The van der Waals surface area contributed by atoms with Gasteiger partial charge >= 0.3 is 0 Å². The molecule has 0 aliphatic carbocycles. The Hall–Kier alpha value is -1.68. The average molecular weight is 284 g/mol. The lowest BCUT2D eigenvalue weighted by Gasteiger charge is -2.28. The van der Waals surface area contributed by atoms with Crippen molar-refractivity contribution in [2.24, 2.45) is 0 Å². The summed E-state index contributed by atoms with van der Waals surface area (Å²) < 4.78 is 17.0. The maximum Gasteiger partial charge on any atom is 0.197 e. The van der Waals surface area contributed by atoms with Crippen molar-refractivity contribution in [2.75, 3.05) is 14.2 Å². The number of hydrogen-bond acceptors (Lipinski definition) is 3. The standard InChI is InChI=1S/C18H20O3/c1-19-17-11-12-18(20-2,21-17)16-10-6-9-15(13-16)14-7-4-3-5-8-14/h3-10,13,17H,11-12H2,1-2H3. The van der Waals surface area contributed by atoms with Crippen LogP contribution in [-0.4, -0.2) is 20.5 Å². The minimum atomic E-state index is -0.703. The number of ether oxygens (including phenoxy) is 3. The third-order valence-corrected chi connectivity index (χ3v) is 4.03. The molecule has 3 nitrogen and oxygen atoms in total. The molecule has 0 spiro atoms. The summed E-state index contributed by atoms with van der Waals surface area (Å²) in [5.74, 6) is -0.703. The molecule has 0 amide bonds. The zero-order chi connectivity index (χ0) is 14.7. The number of benzene rings is 2. The van der Waals surface area contributed by atoms with Crippen LogP contribution in [0.25, 0.3) is 11.1 Å². The molecule has 1 heterocycles. The fourth-order valence-electron chi connectivity index (χ4n) is 2.85. The van der Waals surface area contributed by atoms with E-state index in [1.807, 2.05) is 30.3 Å². The van der Waals surface area contributed by atoms with Crippen molar-refractivity contribution < 1.29 is 14.2 Å². The summed E-state index contributed by atoms with van der Waals surface area (Å²) in [5, 5.41) is 0. The van der Waals surface area contributed by atoms with Crippen LogP contribution in [0.15, 0.2) is 54.6 Å². The van der Waals surface area contributed by atoms with Crippen LogP contribution in [0.4, 0.5) is 0 Å². The summed E-state index contributed by atoms with van der Waals surface area (Å²) in [5.41, 5.74) is 3.38. The minimum Gasteiger partial charge on any atom is -0.356 e. The highest BCUT2D eigenvalue weighted by molar-refractivity contribution is 5.64. The van der Waals surface area contributed by atoms with E-state index >= 15 is 0 Å². The van der Waals surface area contributed by atoms with Crippen molar-refractivity contribution in [2.45, 2.75) is 24.9 Å². The van der Waals surface area contributed by atoms with E-state index in [9.17, 15) is 0 Å². The highest BCUT2D eigenvalue weighted by atomic mass is 16.8. The Balaban J connectivity index is 1.96. The van der Waals surface area contributed by atoms with Gasteiger partial charge in [-0.2, -0.15) is 0 Å². The van der Waals surface area contributed by atoms with Crippen LogP contribution in [0.3, 0.4) is 0 Å². The van der Waals surface area contributed by atoms with Crippen LogP contribution in [0.5, 0.6) is 0 Å². The molecule has 0 N–H and O–H groups in total. The average Bonchev–Trinajstić information content (AvgIpc) is 3.01. The molecular weight excluding hydrogens is 264 g/mol. The van der Waals surface area contributed by atoms with Crippen LogP contribution >= 0.6 is 0 Å². The molecule has 0 radical (unpaired) electrons. The largest absolute Gasteiger partial charge is 0.356 e. The van der Waals surface area contributed by atoms with Gasteiger partial charge in [0.2, 0.25) is 0 Å². The van der Waals surface area contributed by atoms with Gasteiger partial charge in [-0.1, -0.05) is 48.5 Å². The molecule has 1 aliphatic rings. The molecule has 21 heavy (non-hydrogen) atoms. The van der Waals surface area contributed by atoms with Gasteiger partial charge in [-0.25, -0.2) is 0 Å². The predicted octanol–water partition coefficient (Wildman–Crippen LogP) is 3.94. The fourth-order valence-corrected chi connectivity index (χ4v) is 2.85. The molecular formula is C18H20O3. The molecule has 3 rings (SSSR count). The first-order valence-corrected chi connectivity index (χ1v) is 7.19. The van der Waals surface area contributed by atoms with Crippen LogP contribution in [0, 0.1) is 0 Å². The van der Waals surface area contributed by atoms with Gasteiger partial charge in [0.1, 0.15) is 0 Å². The van der Waals surface area contributed by atoms with Crippen molar-refractivity contribution in [3.8, 4) is 11.1 Å². The van der Waals surface area contributed by atoms with E-state index in [1.165, 1.54) is 5.56 Å². The molecule has 0 saturated carbocycles. The van der Waals surface area contributed by atoms with Gasteiger partial charge in [-0.05, 0) is 17.2 Å². The monoisotopic (exact) mass is 284 g/mol. The second-order valence-corrected chi connectivity index (χ2v) is 5.23. The second-order valence-electron chi connectivity index (χ2n) is 5.23. The molecule has 110 valence electrons. The van der Waals surface area contributed by atoms with Crippen molar-refractivity contribution in [1.29, 1.82) is 0 Å². The van der Waals surface area contributed by atoms with E-state index in [0.717, 1.165) is 24.0 Å². The predicted molar refractivity (Wildman–Crippen MR) is 81.7 cm³/mol. The lowest BCUT2D eigenvalue weighted by molar-refractivity contribution is -0.263. The zero-order valence-electron chi connectivity index (χ0n) is 12.4. The van der Waals surface area contributed by atoms with Crippen molar-refractivity contribution >= 4 is 0 Å². The van der Waals surface area contributed by atoms with E-state index in [1.54, 1.807) is 14.2 Å². The van der Waals surface area contributed by atoms with Crippen molar-refractivity contribution in [1.82, 2.24) is 0 Å². The van der Waals surface area contributed by atoms with Crippen LogP contribution in [0.1, 0.15) is 18.4 Å². The smallest absolute Gasteiger partial charge is 0.197 e. The summed E-state index contributed by atoms with van der Waals surface area (Å²) in [4.78, 5) is 0. The Labute approximate surface area is 125 Å². The third kappa shape index (κ3) is 2.72. The Morgan fingerprint density at radius 3 is 2.43 bits per heavy atom. The molecule has 2 atom stereocenters. The Kier molecular flexibility index (Phi) is 4.06. The van der Waals surface area contributed by atoms with E-state index in [2.05, 4.69) is 24.3 Å². The quantitative estimate of drug-likeness (QED) is 0.851. The van der Waals surface area contributed by atoms with Gasteiger partial charge in [0.05, 0.1) is 0 Å². The fraction of sp³-hybridized carbons (Fsp3) is 0.333. The van der Waals surface area contributed by atoms with Crippen molar-refractivity contribution in [3.05, 3.63) is 60.2 Å². The van der Waals surface area contributed by atoms with Crippen LogP contribution in [-0.2, 0) is 20.0 Å². The number of rotatable bonds is 4. The summed E-state index contributed by atoms with van der Waals surface area (Å²) in [6.07, 6.45) is 1.42. The van der Waals surface area contributed by atoms with Gasteiger partial charge in [-0.3, -0.25) is 0 Å². The number of hydrogen-bond donors (Lipinski definition) is 0. The highest BCUT2D eigenvalue weighted by Gasteiger charge is 2.42. The van der Waals surface area contributed by atoms with E-state index in [-0.39, 0.29) is 6.29 Å². The minimum absolute atomic E-state index is 0.203. The topological polar surface area (TPSA) is 27.7 Å². The molecule has 2 aromatic carbocycles. The van der Waals surface area contributed by atoms with Gasteiger partial charge in [-0.15, -0.1) is 0 Å². The normalized spacial score (nSPS) is 25.1. The second kappa shape index (κ2) is 5.98. The first-order chi connectivity index (χ1) is 10.3. The van der Waals surface area contributed by atoms with E-state index in [0.29, 0.717) is 0 Å². The molecule has 1 aliphatic heterocycles. The molecule has 3 heteroatoms. The molecule has 1 saturated heterocycles. The van der Waals surface area contributed by atoms with Crippen molar-refractivity contribution in [3.63, 3.8) is 0 Å². The lowest BCUT2D eigenvalue weighted by Crippen LogP contribution is -2.29. The zero-order valence-corrected chi connectivity index (χ0v) is 12.4. The van der Waals surface area contributed by atoms with Crippen LogP contribution in [0.2, 0.25) is 0 Å². The van der Waals surface area contributed by atoms with Gasteiger partial charge in [0.15, 0.2) is 12.1 Å². The Bertz CT molecular complexity index is 596. The summed E-state index contributed by atoms with van der Waals surface area (Å²) in [6.45, 7) is 0. The SMILES string of the molecule is COC1CCC(OC)(c2cccc(-c3ccccc3)c2)O1. The summed E-state index contributed by atoms with van der Waals surface area (Å²) in [6, 6.07) is 18.6. The Morgan fingerprint density at radius 1 is 1.00 bits per heavy atom. The van der Waals surface area contributed by atoms with Crippen LogP contribution < -0.4 is 0 Å². The maximum atomic E-state index is 5.98. The third-order valence-electron chi connectivity index (χ3n) is 4.03. The van der Waals surface area contributed by atoms with E-state index in [4.69, 9.17) is 14.2 Å². The first kappa shape index (κ1) is 14.3. The maximum absolute atomic E-state index is 5.98. The molecule has 2 aromatic rings.